The van der Waals surface area contributed by atoms with E-state index in [-0.39, 0.29) is 11.7 Å². The summed E-state index contributed by atoms with van der Waals surface area (Å²) >= 11 is 0. The molecule has 1 aliphatic rings. The molecule has 1 amide bonds. The van der Waals surface area contributed by atoms with E-state index in [9.17, 15) is 9.59 Å². The van der Waals surface area contributed by atoms with Crippen LogP contribution in [0, 0.1) is 6.92 Å². The fourth-order valence-corrected chi connectivity index (χ4v) is 3.71. The first-order valence-electron chi connectivity index (χ1n) is 8.91. The first kappa shape index (κ1) is 16.5. The molecule has 0 bridgehead atoms. The van der Waals surface area contributed by atoms with Crippen LogP contribution in [0.2, 0.25) is 0 Å². The average molecular weight is 347 g/mol. The molecule has 4 rings (SSSR count). The van der Waals surface area contributed by atoms with E-state index in [4.69, 9.17) is 0 Å². The Bertz CT molecular complexity index is 1020. The quantitative estimate of drug-likeness (QED) is 0.680. The lowest BCUT2D eigenvalue weighted by molar-refractivity contribution is -0.118. The van der Waals surface area contributed by atoms with Gasteiger partial charge in [0.15, 0.2) is 5.78 Å². The molecular formula is C21H21N3O2. The Kier molecular flexibility index (Phi) is 4.07. The van der Waals surface area contributed by atoms with Crippen LogP contribution in [0.25, 0.3) is 5.65 Å². The Morgan fingerprint density at radius 1 is 1.19 bits per heavy atom. The van der Waals surface area contributed by atoms with Gasteiger partial charge in [0.05, 0.1) is 5.69 Å². The van der Waals surface area contributed by atoms with Gasteiger partial charge in [0.2, 0.25) is 5.91 Å². The second-order valence-corrected chi connectivity index (χ2v) is 6.77. The maximum atomic E-state index is 12.8. The average Bonchev–Trinajstić information content (AvgIpc) is 3.19. The molecule has 5 nitrogen and oxygen atoms in total. The lowest BCUT2D eigenvalue weighted by atomic mass is 10.1. The molecular weight excluding hydrogens is 326 g/mol. The highest BCUT2D eigenvalue weighted by atomic mass is 16.2. The van der Waals surface area contributed by atoms with Gasteiger partial charge in [-0.1, -0.05) is 6.07 Å². The van der Waals surface area contributed by atoms with Gasteiger partial charge in [0, 0.05) is 36.1 Å². The monoisotopic (exact) mass is 347 g/mol. The van der Waals surface area contributed by atoms with E-state index in [1.807, 2.05) is 48.4 Å². The van der Waals surface area contributed by atoms with Crippen molar-refractivity contribution in [1.82, 2.24) is 9.38 Å². The molecule has 0 atom stereocenters. The van der Waals surface area contributed by atoms with Crippen LogP contribution >= 0.6 is 0 Å². The van der Waals surface area contributed by atoms with Crippen molar-refractivity contribution in [3.05, 3.63) is 65.1 Å². The zero-order chi connectivity index (χ0) is 18.3. The zero-order valence-corrected chi connectivity index (χ0v) is 15.0. The second-order valence-electron chi connectivity index (χ2n) is 6.77. The minimum atomic E-state index is 0.0562. The summed E-state index contributed by atoms with van der Waals surface area (Å²) in [7, 11) is 0. The number of fused-ring (bicyclic) bond motifs is 2. The number of aromatic nitrogens is 2. The number of imidazole rings is 1. The first-order valence-corrected chi connectivity index (χ1v) is 8.91. The summed E-state index contributed by atoms with van der Waals surface area (Å²) in [4.78, 5) is 30.7. The number of rotatable bonds is 4. The van der Waals surface area contributed by atoms with E-state index in [0.717, 1.165) is 34.7 Å². The summed E-state index contributed by atoms with van der Waals surface area (Å²) in [6, 6.07) is 11.5. The molecule has 0 unspecified atom stereocenters. The molecule has 0 radical (unpaired) electrons. The van der Waals surface area contributed by atoms with Crippen LogP contribution in [0.3, 0.4) is 0 Å². The van der Waals surface area contributed by atoms with Gasteiger partial charge < -0.3 is 9.30 Å². The standard InChI is InChI=1S/C21H21N3O2/c1-14-18(23-11-4-3-5-20(23)22-14)8-9-21(26)24-12-10-17-13-16(15(2)25)6-7-19(17)24/h3-7,11,13H,8-10,12H2,1-2H3. The summed E-state index contributed by atoms with van der Waals surface area (Å²) in [6.07, 6.45) is 3.89. The number of hydrogen-bond acceptors (Lipinski definition) is 3. The summed E-state index contributed by atoms with van der Waals surface area (Å²) in [5.74, 6) is 0.172. The molecule has 1 aromatic carbocycles. The Morgan fingerprint density at radius 3 is 2.85 bits per heavy atom. The van der Waals surface area contributed by atoms with Crippen molar-refractivity contribution in [2.45, 2.75) is 33.1 Å². The fraction of sp³-hybridized carbons (Fsp3) is 0.286. The number of carbonyl (C=O) groups is 2. The van der Waals surface area contributed by atoms with E-state index in [2.05, 4.69) is 9.38 Å². The van der Waals surface area contributed by atoms with E-state index >= 15 is 0 Å². The van der Waals surface area contributed by atoms with Gasteiger partial charge in [0.1, 0.15) is 5.65 Å². The third-order valence-corrected chi connectivity index (χ3v) is 5.09. The van der Waals surface area contributed by atoms with Crippen LogP contribution in [-0.4, -0.2) is 27.6 Å². The van der Waals surface area contributed by atoms with E-state index in [1.165, 1.54) is 0 Å². The molecule has 1 aliphatic heterocycles. The molecule has 132 valence electrons. The van der Waals surface area contributed by atoms with Crippen LogP contribution < -0.4 is 4.90 Å². The van der Waals surface area contributed by atoms with E-state index in [1.54, 1.807) is 13.0 Å². The van der Waals surface area contributed by atoms with Crippen LogP contribution in [0.15, 0.2) is 42.6 Å². The number of pyridine rings is 1. The van der Waals surface area contributed by atoms with Gasteiger partial charge in [-0.25, -0.2) is 4.98 Å². The molecule has 0 N–H and O–H groups in total. The largest absolute Gasteiger partial charge is 0.312 e. The number of ketones is 1. The Hall–Kier alpha value is -2.95. The minimum Gasteiger partial charge on any atom is -0.312 e. The third kappa shape index (κ3) is 2.79. The summed E-state index contributed by atoms with van der Waals surface area (Å²) in [6.45, 7) is 4.24. The van der Waals surface area contributed by atoms with E-state index in [0.29, 0.717) is 24.9 Å². The van der Waals surface area contributed by atoms with E-state index < -0.39 is 0 Å². The lowest BCUT2D eigenvalue weighted by Crippen LogP contribution is -2.29. The predicted molar refractivity (Wildman–Crippen MR) is 101 cm³/mol. The normalized spacial score (nSPS) is 13.2. The van der Waals surface area contributed by atoms with Crippen molar-refractivity contribution in [3.8, 4) is 0 Å². The predicted octanol–water partition coefficient (Wildman–Crippen LogP) is 3.37. The fourth-order valence-electron chi connectivity index (χ4n) is 3.71. The molecule has 0 saturated heterocycles. The first-order chi connectivity index (χ1) is 12.5. The number of benzene rings is 1. The second kappa shape index (κ2) is 6.41. The number of hydrogen-bond donors (Lipinski definition) is 0. The molecule has 3 heterocycles. The highest BCUT2D eigenvalue weighted by Gasteiger charge is 2.25. The van der Waals surface area contributed by atoms with Crippen molar-refractivity contribution in [1.29, 1.82) is 0 Å². The van der Waals surface area contributed by atoms with Gasteiger partial charge in [-0.3, -0.25) is 9.59 Å². The third-order valence-electron chi connectivity index (χ3n) is 5.09. The van der Waals surface area contributed by atoms with Crippen LogP contribution in [0.1, 0.15) is 40.7 Å². The van der Waals surface area contributed by atoms with Crippen molar-refractivity contribution in [2.24, 2.45) is 0 Å². The molecule has 0 aliphatic carbocycles. The number of aryl methyl sites for hydroxylation is 2. The smallest absolute Gasteiger partial charge is 0.227 e. The van der Waals surface area contributed by atoms with Crippen LogP contribution in [0.4, 0.5) is 5.69 Å². The summed E-state index contributed by atoms with van der Waals surface area (Å²) < 4.78 is 2.06. The zero-order valence-electron chi connectivity index (χ0n) is 15.0. The molecule has 26 heavy (non-hydrogen) atoms. The number of nitrogens with zero attached hydrogens (tertiary/aromatic N) is 3. The van der Waals surface area contributed by atoms with Crippen molar-refractivity contribution < 1.29 is 9.59 Å². The molecule has 5 heteroatoms. The topological polar surface area (TPSA) is 54.7 Å². The molecule has 2 aromatic heterocycles. The van der Waals surface area contributed by atoms with Gasteiger partial charge in [-0.2, -0.15) is 0 Å². The Balaban J connectivity index is 1.52. The highest BCUT2D eigenvalue weighted by Crippen LogP contribution is 2.30. The van der Waals surface area contributed by atoms with Crippen molar-refractivity contribution >= 4 is 23.0 Å². The molecule has 3 aromatic rings. The van der Waals surface area contributed by atoms with Crippen molar-refractivity contribution in [2.75, 3.05) is 11.4 Å². The maximum Gasteiger partial charge on any atom is 0.227 e. The maximum absolute atomic E-state index is 12.8. The summed E-state index contributed by atoms with van der Waals surface area (Å²) in [5, 5.41) is 0. The van der Waals surface area contributed by atoms with Gasteiger partial charge in [-0.05, 0) is 62.6 Å². The van der Waals surface area contributed by atoms with Gasteiger partial charge >= 0.3 is 0 Å². The van der Waals surface area contributed by atoms with Crippen LogP contribution in [-0.2, 0) is 17.6 Å². The SMILES string of the molecule is CC(=O)c1ccc2c(c1)CCN2C(=O)CCc1c(C)nc2ccccn12. The number of anilines is 1. The van der Waals surface area contributed by atoms with Crippen LogP contribution in [0.5, 0.6) is 0 Å². The Morgan fingerprint density at radius 2 is 2.04 bits per heavy atom. The molecule has 0 fully saturated rings. The van der Waals surface area contributed by atoms with Gasteiger partial charge in [0.25, 0.3) is 0 Å². The minimum absolute atomic E-state index is 0.0562. The highest BCUT2D eigenvalue weighted by molar-refractivity contribution is 5.98. The van der Waals surface area contributed by atoms with Crippen molar-refractivity contribution in [3.63, 3.8) is 0 Å². The number of amides is 1. The summed E-state index contributed by atoms with van der Waals surface area (Å²) in [5.41, 5.74) is 5.69. The molecule has 0 spiro atoms. The number of carbonyl (C=O) groups excluding carboxylic acids is 2. The Labute approximate surface area is 152 Å². The lowest BCUT2D eigenvalue weighted by Gasteiger charge is -2.17. The number of Topliss-reactive ketones (excluding diaryl/α,β-unsaturated/α-hetero) is 1. The van der Waals surface area contributed by atoms with Gasteiger partial charge in [-0.15, -0.1) is 0 Å². The molecule has 0 saturated carbocycles.